The molecule has 14 nitrogen and oxygen atoms in total. The fourth-order valence-corrected chi connectivity index (χ4v) is 2.86. The Labute approximate surface area is 185 Å². The van der Waals surface area contributed by atoms with Gasteiger partial charge in [-0.25, -0.2) is 14.8 Å². The summed E-state index contributed by atoms with van der Waals surface area (Å²) in [5.41, 5.74) is 12.6. The van der Waals surface area contributed by atoms with Gasteiger partial charge in [-0.2, -0.15) is 9.97 Å². The average molecular weight is 456 g/mol. The molecule has 0 saturated carbocycles. The molecule has 0 aliphatic rings. The molecule has 0 aliphatic heterocycles. The van der Waals surface area contributed by atoms with Crippen molar-refractivity contribution >= 4 is 46.5 Å². The van der Waals surface area contributed by atoms with E-state index >= 15 is 0 Å². The molecule has 0 fully saturated rings. The van der Waals surface area contributed by atoms with Crippen LogP contribution in [0.5, 0.6) is 0 Å². The van der Waals surface area contributed by atoms with Crippen molar-refractivity contribution in [3.8, 4) is 0 Å². The Kier molecular flexibility index (Phi) is 6.78. The van der Waals surface area contributed by atoms with Crippen LogP contribution < -0.4 is 21.8 Å². The number of hydrogen-bond acceptors (Lipinski definition) is 11. The third-order valence-corrected chi connectivity index (χ3v) is 4.49. The molecule has 1 amide bonds. The van der Waals surface area contributed by atoms with Gasteiger partial charge in [-0.05, 0) is 30.7 Å². The molecule has 0 radical (unpaired) electrons. The second-order valence-corrected chi connectivity index (χ2v) is 6.90. The Morgan fingerprint density at radius 2 is 1.76 bits per heavy atom. The van der Waals surface area contributed by atoms with Gasteiger partial charge in [0.15, 0.2) is 17.0 Å². The van der Waals surface area contributed by atoms with Crippen LogP contribution in [-0.2, 0) is 16.1 Å². The predicted octanol–water partition coefficient (Wildman–Crippen LogP) is 0.0278. The summed E-state index contributed by atoms with van der Waals surface area (Å²) in [4.78, 5) is 50.3. The van der Waals surface area contributed by atoms with E-state index in [4.69, 9.17) is 21.7 Å². The molecule has 8 N–H and O–H groups in total. The van der Waals surface area contributed by atoms with Crippen LogP contribution in [0.4, 0.5) is 17.5 Å². The Hall–Kier alpha value is -4.59. The Morgan fingerprint density at radius 3 is 2.39 bits per heavy atom. The summed E-state index contributed by atoms with van der Waals surface area (Å²) in [5, 5.41) is 31.4. The first kappa shape index (κ1) is 23.1. The molecule has 0 aliphatic carbocycles. The number of carboxylic acids is 2. The first-order chi connectivity index (χ1) is 15.6. The van der Waals surface area contributed by atoms with Crippen molar-refractivity contribution in [3.63, 3.8) is 0 Å². The molecule has 0 spiro atoms. The van der Waals surface area contributed by atoms with Crippen LogP contribution in [0.2, 0.25) is 0 Å². The van der Waals surface area contributed by atoms with E-state index in [-0.39, 0.29) is 41.5 Å². The summed E-state index contributed by atoms with van der Waals surface area (Å²) in [5.74, 6) is -3.19. The largest absolute Gasteiger partial charge is 0.481 e. The number of aromatic nitrogens is 4. The number of rotatable bonds is 9. The molecule has 172 valence electrons. The SMILES string of the molecule is Nc1nc(N)c2nc(CN(O)c3ccc(C(=O)N[C@H](CCC(=O)O)C(=O)O)cc3)cnc2n1. The van der Waals surface area contributed by atoms with Crippen LogP contribution >= 0.6 is 0 Å². The van der Waals surface area contributed by atoms with E-state index in [1.54, 1.807) is 0 Å². The van der Waals surface area contributed by atoms with Gasteiger partial charge in [0.25, 0.3) is 5.91 Å². The van der Waals surface area contributed by atoms with Gasteiger partial charge in [0.05, 0.1) is 24.1 Å². The highest BCUT2D eigenvalue weighted by molar-refractivity contribution is 5.97. The second-order valence-electron chi connectivity index (χ2n) is 6.90. The number of nitrogens with one attached hydrogen (secondary N) is 1. The number of amides is 1. The lowest BCUT2D eigenvalue weighted by atomic mass is 10.1. The fourth-order valence-electron chi connectivity index (χ4n) is 2.86. The maximum atomic E-state index is 12.3. The fraction of sp³-hybridized carbons (Fsp3) is 0.211. The standard InChI is InChI=1S/C19H20N8O6/c20-15-14-16(26-19(21)25-15)22-7-10(23-14)8-27(33)11-3-1-9(2-4-11)17(30)24-12(18(31)32)5-6-13(28)29/h1-4,7,12,33H,5-6,8H2,(H,24,30)(H,28,29)(H,31,32)(H4,20,21,22,25,26)/t12-/m1/s1. The Balaban J connectivity index is 1.67. The van der Waals surface area contributed by atoms with Crippen LogP contribution in [0, 0.1) is 0 Å². The summed E-state index contributed by atoms with van der Waals surface area (Å²) in [6.07, 6.45) is 0.731. The molecule has 2 heterocycles. The number of anilines is 3. The van der Waals surface area contributed by atoms with Crippen molar-refractivity contribution in [1.29, 1.82) is 0 Å². The molecule has 0 bridgehead atoms. The summed E-state index contributed by atoms with van der Waals surface area (Å²) < 4.78 is 0. The molecule has 0 unspecified atom stereocenters. The first-order valence-corrected chi connectivity index (χ1v) is 9.50. The highest BCUT2D eigenvalue weighted by atomic mass is 16.5. The highest BCUT2D eigenvalue weighted by Crippen LogP contribution is 2.18. The molecular formula is C19H20N8O6. The third kappa shape index (κ3) is 5.76. The molecule has 33 heavy (non-hydrogen) atoms. The highest BCUT2D eigenvalue weighted by Gasteiger charge is 2.21. The minimum atomic E-state index is -1.35. The topological polar surface area (TPSA) is 231 Å². The van der Waals surface area contributed by atoms with Gasteiger partial charge in [0.2, 0.25) is 5.95 Å². The van der Waals surface area contributed by atoms with Crippen molar-refractivity contribution in [2.75, 3.05) is 16.5 Å². The van der Waals surface area contributed by atoms with Crippen LogP contribution in [0.25, 0.3) is 11.2 Å². The van der Waals surface area contributed by atoms with Crippen molar-refractivity contribution < 1.29 is 29.8 Å². The quantitative estimate of drug-likeness (QED) is 0.233. The molecular weight excluding hydrogens is 436 g/mol. The van der Waals surface area contributed by atoms with Gasteiger partial charge in [-0.3, -0.25) is 19.9 Å². The molecule has 1 aromatic carbocycles. The number of nitrogens with two attached hydrogens (primary N) is 2. The number of aliphatic carboxylic acids is 2. The zero-order valence-electron chi connectivity index (χ0n) is 17.0. The molecule has 0 saturated heterocycles. The van der Waals surface area contributed by atoms with Gasteiger partial charge in [-0.15, -0.1) is 0 Å². The van der Waals surface area contributed by atoms with Crippen molar-refractivity contribution in [2.45, 2.75) is 25.4 Å². The van der Waals surface area contributed by atoms with Crippen LogP contribution in [0.3, 0.4) is 0 Å². The zero-order valence-corrected chi connectivity index (χ0v) is 17.0. The minimum absolute atomic E-state index is 0.0356. The van der Waals surface area contributed by atoms with E-state index in [9.17, 15) is 19.6 Å². The zero-order chi connectivity index (χ0) is 24.1. The van der Waals surface area contributed by atoms with E-state index in [0.717, 1.165) is 5.06 Å². The number of fused-ring (bicyclic) bond motifs is 1. The molecule has 3 rings (SSSR count). The van der Waals surface area contributed by atoms with Gasteiger partial charge in [-0.1, -0.05) is 0 Å². The maximum Gasteiger partial charge on any atom is 0.326 e. The van der Waals surface area contributed by atoms with Crippen LogP contribution in [0.15, 0.2) is 30.5 Å². The minimum Gasteiger partial charge on any atom is -0.481 e. The maximum absolute atomic E-state index is 12.3. The summed E-state index contributed by atoms with van der Waals surface area (Å²) >= 11 is 0. The Morgan fingerprint density at radius 1 is 1.06 bits per heavy atom. The molecule has 1 atom stereocenters. The Bertz CT molecular complexity index is 1200. The summed E-state index contributed by atoms with van der Waals surface area (Å²) in [6.45, 7) is -0.0748. The van der Waals surface area contributed by atoms with Crippen molar-refractivity contribution in [3.05, 3.63) is 41.7 Å². The number of carboxylic acid groups (broad SMARTS) is 2. The van der Waals surface area contributed by atoms with Gasteiger partial charge >= 0.3 is 11.9 Å². The normalized spacial score (nSPS) is 11.7. The van der Waals surface area contributed by atoms with Gasteiger partial charge in [0, 0.05) is 12.0 Å². The van der Waals surface area contributed by atoms with E-state index in [1.807, 2.05) is 0 Å². The lowest BCUT2D eigenvalue weighted by Crippen LogP contribution is -2.41. The third-order valence-electron chi connectivity index (χ3n) is 4.49. The number of hydroxylamine groups is 1. The van der Waals surface area contributed by atoms with E-state index in [0.29, 0.717) is 11.4 Å². The van der Waals surface area contributed by atoms with E-state index < -0.39 is 30.3 Å². The van der Waals surface area contributed by atoms with Crippen LogP contribution in [-0.4, -0.2) is 59.2 Å². The number of hydrogen-bond donors (Lipinski definition) is 6. The van der Waals surface area contributed by atoms with E-state index in [1.165, 1.54) is 30.5 Å². The monoisotopic (exact) mass is 456 g/mol. The molecule has 3 aromatic rings. The number of nitrogens with zero attached hydrogens (tertiary/aromatic N) is 5. The van der Waals surface area contributed by atoms with Gasteiger partial charge in [0.1, 0.15) is 6.04 Å². The number of carbonyl (C=O) groups is 3. The summed E-state index contributed by atoms with van der Waals surface area (Å²) in [7, 11) is 0. The molecule has 2 aromatic heterocycles. The number of benzene rings is 1. The smallest absolute Gasteiger partial charge is 0.326 e. The van der Waals surface area contributed by atoms with Gasteiger partial charge < -0.3 is 27.0 Å². The van der Waals surface area contributed by atoms with E-state index in [2.05, 4.69) is 25.3 Å². The lowest BCUT2D eigenvalue weighted by Gasteiger charge is -2.17. The number of nitrogen functional groups attached to an aromatic ring is 2. The first-order valence-electron chi connectivity index (χ1n) is 9.50. The van der Waals surface area contributed by atoms with Crippen molar-refractivity contribution in [1.82, 2.24) is 25.3 Å². The molecule has 14 heteroatoms. The number of carbonyl (C=O) groups excluding carboxylic acids is 1. The predicted molar refractivity (Wildman–Crippen MR) is 114 cm³/mol. The second kappa shape index (κ2) is 9.69. The van der Waals surface area contributed by atoms with Crippen LogP contribution in [0.1, 0.15) is 28.9 Å². The summed E-state index contributed by atoms with van der Waals surface area (Å²) in [6, 6.07) is 4.29. The van der Waals surface area contributed by atoms with Crippen molar-refractivity contribution in [2.24, 2.45) is 0 Å². The average Bonchev–Trinajstić information content (AvgIpc) is 2.76. The lowest BCUT2D eigenvalue weighted by molar-refractivity contribution is -0.140.